The van der Waals surface area contributed by atoms with E-state index in [9.17, 15) is 4.79 Å². The van der Waals surface area contributed by atoms with E-state index in [1.165, 1.54) is 22.7 Å². The molecular weight excluding hydrogens is 244 g/mol. The normalized spacial score (nSPS) is 10.6. The number of carbonyl (C=O) groups is 1. The highest BCUT2D eigenvalue weighted by Crippen LogP contribution is 2.19. The van der Waals surface area contributed by atoms with Gasteiger partial charge in [0.1, 0.15) is 4.88 Å². The van der Waals surface area contributed by atoms with E-state index in [1.54, 1.807) is 0 Å². The van der Waals surface area contributed by atoms with Crippen LogP contribution in [-0.4, -0.2) is 15.4 Å². The van der Waals surface area contributed by atoms with Gasteiger partial charge in [0.05, 0.1) is 5.69 Å². The Labute approximate surface area is 111 Å². The van der Waals surface area contributed by atoms with Gasteiger partial charge in [-0.2, -0.15) is 0 Å². The van der Waals surface area contributed by atoms with Crippen molar-refractivity contribution in [2.75, 3.05) is 0 Å². The zero-order valence-electron chi connectivity index (χ0n) is 10.9. The van der Waals surface area contributed by atoms with E-state index >= 15 is 0 Å². The lowest BCUT2D eigenvalue weighted by Gasteiger charge is -2.08. The van der Waals surface area contributed by atoms with Gasteiger partial charge in [0, 0.05) is 6.42 Å². The molecule has 0 unspecified atom stereocenters. The van der Waals surface area contributed by atoms with Crippen LogP contribution in [-0.2, 0) is 12.8 Å². The average molecular weight is 260 g/mol. The van der Waals surface area contributed by atoms with E-state index < -0.39 is 0 Å². The molecule has 4 heteroatoms. The second-order valence-electron chi connectivity index (χ2n) is 4.37. The fourth-order valence-electron chi connectivity index (χ4n) is 2.02. The number of Topliss-reactive ketones (excluding diaryl/α,β-unsaturated/α-hetero) is 1. The Bertz CT molecular complexity index is 555. The summed E-state index contributed by atoms with van der Waals surface area (Å²) >= 11 is 1.20. The van der Waals surface area contributed by atoms with Crippen molar-refractivity contribution in [3.05, 3.63) is 45.5 Å². The molecule has 0 aliphatic carbocycles. The predicted molar refractivity (Wildman–Crippen MR) is 73.2 cm³/mol. The number of rotatable bonds is 4. The van der Waals surface area contributed by atoms with Crippen molar-refractivity contribution >= 4 is 17.3 Å². The van der Waals surface area contributed by atoms with Crippen LogP contribution in [0.3, 0.4) is 0 Å². The molecule has 0 amide bonds. The summed E-state index contributed by atoms with van der Waals surface area (Å²) in [7, 11) is 0. The van der Waals surface area contributed by atoms with E-state index in [0.29, 0.717) is 11.3 Å². The summed E-state index contributed by atoms with van der Waals surface area (Å²) in [5.74, 6) is 0.124. The molecule has 0 spiro atoms. The fourth-order valence-corrected chi connectivity index (χ4v) is 2.71. The van der Waals surface area contributed by atoms with Crippen LogP contribution in [0, 0.1) is 13.8 Å². The van der Waals surface area contributed by atoms with Crippen molar-refractivity contribution in [2.24, 2.45) is 0 Å². The summed E-state index contributed by atoms with van der Waals surface area (Å²) in [4.78, 5) is 13.0. The molecule has 0 aliphatic rings. The maximum absolute atomic E-state index is 12.3. The lowest BCUT2D eigenvalue weighted by molar-refractivity contribution is 0.0995. The van der Waals surface area contributed by atoms with Gasteiger partial charge in [0.15, 0.2) is 5.78 Å². The maximum atomic E-state index is 12.3. The van der Waals surface area contributed by atoms with Gasteiger partial charge < -0.3 is 0 Å². The third-order valence-electron chi connectivity index (χ3n) is 3.13. The summed E-state index contributed by atoms with van der Waals surface area (Å²) in [5, 5.41) is 3.99. The average Bonchev–Trinajstić information content (AvgIpc) is 2.82. The number of hydrogen-bond donors (Lipinski definition) is 0. The molecule has 1 aromatic carbocycles. The minimum atomic E-state index is 0.124. The molecule has 2 rings (SSSR count). The molecule has 0 fully saturated rings. The van der Waals surface area contributed by atoms with Crippen LogP contribution < -0.4 is 0 Å². The first kappa shape index (κ1) is 12.9. The molecule has 0 atom stereocenters. The van der Waals surface area contributed by atoms with Gasteiger partial charge in [0.2, 0.25) is 0 Å². The van der Waals surface area contributed by atoms with E-state index in [0.717, 1.165) is 17.7 Å². The third-order valence-corrected chi connectivity index (χ3v) is 3.93. The third kappa shape index (κ3) is 2.48. The topological polar surface area (TPSA) is 42.9 Å². The van der Waals surface area contributed by atoms with Gasteiger partial charge in [-0.25, -0.2) is 0 Å². The lowest BCUT2D eigenvalue weighted by Crippen LogP contribution is -2.07. The molecule has 94 valence electrons. The number of nitrogens with zero attached hydrogens (tertiary/aromatic N) is 2. The maximum Gasteiger partial charge on any atom is 0.180 e. The monoisotopic (exact) mass is 260 g/mol. The number of ketones is 1. The zero-order chi connectivity index (χ0) is 13.1. The smallest absolute Gasteiger partial charge is 0.180 e. The Morgan fingerprint density at radius 2 is 1.94 bits per heavy atom. The summed E-state index contributed by atoms with van der Waals surface area (Å²) < 4.78 is 3.87. The van der Waals surface area contributed by atoms with Gasteiger partial charge >= 0.3 is 0 Å². The van der Waals surface area contributed by atoms with Gasteiger partial charge in [0.25, 0.3) is 0 Å². The number of benzene rings is 1. The van der Waals surface area contributed by atoms with Gasteiger partial charge in [-0.05, 0) is 48.5 Å². The Hall–Kier alpha value is -1.55. The fraction of sp³-hybridized carbons (Fsp3) is 0.357. The van der Waals surface area contributed by atoms with E-state index in [4.69, 9.17) is 0 Å². The molecule has 18 heavy (non-hydrogen) atoms. The van der Waals surface area contributed by atoms with Crippen LogP contribution in [0.15, 0.2) is 18.2 Å². The summed E-state index contributed by atoms with van der Waals surface area (Å²) in [6.07, 6.45) is 1.19. The zero-order valence-corrected chi connectivity index (χ0v) is 11.7. The van der Waals surface area contributed by atoms with Crippen molar-refractivity contribution in [2.45, 2.75) is 33.6 Å². The molecule has 3 nitrogen and oxygen atoms in total. The number of aryl methyl sites for hydroxylation is 3. The molecule has 0 aliphatic heterocycles. The molecule has 1 heterocycles. The Morgan fingerprint density at radius 3 is 2.56 bits per heavy atom. The summed E-state index contributed by atoms with van der Waals surface area (Å²) in [5.41, 5.74) is 4.27. The van der Waals surface area contributed by atoms with E-state index in [1.807, 2.05) is 39.0 Å². The van der Waals surface area contributed by atoms with Gasteiger partial charge in [-0.3, -0.25) is 4.79 Å². The first-order valence-electron chi connectivity index (χ1n) is 6.03. The Kier molecular flexibility index (Phi) is 3.87. The number of aromatic nitrogens is 2. The van der Waals surface area contributed by atoms with Crippen molar-refractivity contribution in [3.8, 4) is 0 Å². The molecule has 2 aromatic rings. The minimum Gasteiger partial charge on any atom is -0.293 e. The SMILES string of the molecule is CCc1nnsc1C(=O)Cc1c(C)cccc1C. The first-order chi connectivity index (χ1) is 8.63. The van der Waals surface area contributed by atoms with Gasteiger partial charge in [-0.1, -0.05) is 29.6 Å². The standard InChI is InChI=1S/C14H16N2OS/c1-4-12-14(18-16-15-12)13(17)8-11-9(2)6-5-7-10(11)3/h5-7H,4,8H2,1-3H3. The number of carbonyl (C=O) groups excluding carboxylic acids is 1. The molecule has 1 aromatic heterocycles. The van der Waals surface area contributed by atoms with Crippen LogP contribution >= 0.6 is 11.5 Å². The predicted octanol–water partition coefficient (Wildman–Crippen LogP) is 3.14. The Morgan fingerprint density at radius 1 is 1.28 bits per heavy atom. The molecule has 0 radical (unpaired) electrons. The molecule has 0 bridgehead atoms. The lowest BCUT2D eigenvalue weighted by atomic mass is 9.97. The second kappa shape index (κ2) is 5.40. The molecule has 0 saturated carbocycles. The first-order valence-corrected chi connectivity index (χ1v) is 6.80. The van der Waals surface area contributed by atoms with Crippen LogP contribution in [0.25, 0.3) is 0 Å². The summed E-state index contributed by atoms with van der Waals surface area (Å²) in [6.45, 7) is 6.08. The van der Waals surface area contributed by atoms with Crippen LogP contribution in [0.5, 0.6) is 0 Å². The highest BCUT2D eigenvalue weighted by molar-refractivity contribution is 7.08. The van der Waals surface area contributed by atoms with Crippen LogP contribution in [0.2, 0.25) is 0 Å². The highest BCUT2D eigenvalue weighted by Gasteiger charge is 2.17. The number of hydrogen-bond acceptors (Lipinski definition) is 4. The largest absolute Gasteiger partial charge is 0.293 e. The highest BCUT2D eigenvalue weighted by atomic mass is 32.1. The quantitative estimate of drug-likeness (QED) is 0.793. The second-order valence-corrected chi connectivity index (χ2v) is 5.13. The Balaban J connectivity index is 2.27. The van der Waals surface area contributed by atoms with Crippen LogP contribution in [0.4, 0.5) is 0 Å². The van der Waals surface area contributed by atoms with Crippen molar-refractivity contribution in [1.29, 1.82) is 0 Å². The van der Waals surface area contributed by atoms with Crippen molar-refractivity contribution < 1.29 is 4.79 Å². The van der Waals surface area contributed by atoms with Gasteiger partial charge in [-0.15, -0.1) is 5.10 Å². The van der Waals surface area contributed by atoms with Crippen molar-refractivity contribution in [3.63, 3.8) is 0 Å². The molecule has 0 N–H and O–H groups in total. The minimum absolute atomic E-state index is 0.124. The molecule has 0 saturated heterocycles. The van der Waals surface area contributed by atoms with Crippen LogP contribution in [0.1, 0.15) is 39.0 Å². The van der Waals surface area contributed by atoms with Crippen molar-refractivity contribution in [1.82, 2.24) is 9.59 Å². The summed E-state index contributed by atoms with van der Waals surface area (Å²) in [6, 6.07) is 6.10. The molecular formula is C14H16N2OS. The van der Waals surface area contributed by atoms with E-state index in [2.05, 4.69) is 9.59 Å². The van der Waals surface area contributed by atoms with E-state index in [-0.39, 0.29) is 5.78 Å².